The quantitative estimate of drug-likeness (QED) is 0.737. The molecule has 22 heavy (non-hydrogen) atoms. The van der Waals surface area contributed by atoms with Gasteiger partial charge in [0.1, 0.15) is 17.2 Å². The first-order chi connectivity index (χ1) is 10.7. The lowest BCUT2D eigenvalue weighted by Crippen LogP contribution is -1.89. The summed E-state index contributed by atoms with van der Waals surface area (Å²) in [6.07, 6.45) is 1.76. The van der Waals surface area contributed by atoms with Gasteiger partial charge in [-0.3, -0.25) is 4.98 Å². The zero-order valence-electron chi connectivity index (χ0n) is 12.5. The molecule has 0 fully saturated rings. The number of hydrogen-bond donors (Lipinski definition) is 0. The SMILES string of the molecule is COc1cc(OC)cc(-c2nc(-c3ccc(C)cn3)no2)c1. The molecule has 1 aromatic carbocycles. The van der Waals surface area contributed by atoms with E-state index in [9.17, 15) is 0 Å². The maximum absolute atomic E-state index is 5.32. The number of nitrogens with zero attached hydrogens (tertiary/aromatic N) is 3. The van der Waals surface area contributed by atoms with E-state index >= 15 is 0 Å². The lowest BCUT2D eigenvalue weighted by Gasteiger charge is -2.05. The molecule has 0 unspecified atom stereocenters. The highest BCUT2D eigenvalue weighted by molar-refractivity contribution is 5.61. The molecule has 6 nitrogen and oxygen atoms in total. The third kappa shape index (κ3) is 2.76. The summed E-state index contributed by atoms with van der Waals surface area (Å²) >= 11 is 0. The van der Waals surface area contributed by atoms with Gasteiger partial charge in [0.25, 0.3) is 5.89 Å². The summed E-state index contributed by atoms with van der Waals surface area (Å²) in [6, 6.07) is 9.20. The molecular formula is C16H15N3O3. The highest BCUT2D eigenvalue weighted by Crippen LogP contribution is 2.29. The minimum absolute atomic E-state index is 0.384. The summed E-state index contributed by atoms with van der Waals surface area (Å²) in [5.41, 5.74) is 2.46. The second-order valence-corrected chi connectivity index (χ2v) is 4.75. The van der Waals surface area contributed by atoms with Crippen molar-refractivity contribution in [1.82, 2.24) is 15.1 Å². The molecule has 0 N–H and O–H groups in total. The van der Waals surface area contributed by atoms with Gasteiger partial charge in [-0.1, -0.05) is 11.2 Å². The largest absolute Gasteiger partial charge is 0.497 e. The smallest absolute Gasteiger partial charge is 0.258 e. The fraction of sp³-hybridized carbons (Fsp3) is 0.188. The van der Waals surface area contributed by atoms with E-state index in [4.69, 9.17) is 14.0 Å². The molecule has 0 aliphatic rings. The van der Waals surface area contributed by atoms with Crippen LogP contribution in [0, 0.1) is 6.92 Å². The van der Waals surface area contributed by atoms with Gasteiger partial charge in [-0.25, -0.2) is 0 Å². The second-order valence-electron chi connectivity index (χ2n) is 4.75. The van der Waals surface area contributed by atoms with Gasteiger partial charge in [0.15, 0.2) is 0 Å². The molecule has 0 spiro atoms. The number of aromatic nitrogens is 3. The zero-order valence-corrected chi connectivity index (χ0v) is 12.5. The van der Waals surface area contributed by atoms with Crippen LogP contribution < -0.4 is 9.47 Å². The van der Waals surface area contributed by atoms with Gasteiger partial charge in [0.05, 0.1) is 14.2 Å². The second kappa shape index (κ2) is 5.85. The van der Waals surface area contributed by atoms with E-state index in [0.29, 0.717) is 28.9 Å². The van der Waals surface area contributed by atoms with Gasteiger partial charge in [-0.15, -0.1) is 0 Å². The van der Waals surface area contributed by atoms with Gasteiger partial charge >= 0.3 is 0 Å². The molecule has 112 valence electrons. The third-order valence-electron chi connectivity index (χ3n) is 3.16. The maximum atomic E-state index is 5.32. The van der Waals surface area contributed by atoms with E-state index in [-0.39, 0.29) is 0 Å². The van der Waals surface area contributed by atoms with Crippen molar-refractivity contribution in [2.45, 2.75) is 6.92 Å². The van der Waals surface area contributed by atoms with Crippen LogP contribution in [0.4, 0.5) is 0 Å². The molecule has 0 atom stereocenters. The Bertz CT molecular complexity index is 759. The van der Waals surface area contributed by atoms with Crippen LogP contribution in [0.15, 0.2) is 41.1 Å². The highest BCUT2D eigenvalue weighted by atomic mass is 16.5. The van der Waals surface area contributed by atoms with Crippen LogP contribution in [0.2, 0.25) is 0 Å². The summed E-state index contributed by atoms with van der Waals surface area (Å²) in [5, 5.41) is 3.97. The highest BCUT2D eigenvalue weighted by Gasteiger charge is 2.13. The molecule has 2 heterocycles. The average molecular weight is 297 g/mol. The number of aryl methyl sites for hydroxylation is 1. The Morgan fingerprint density at radius 1 is 1.00 bits per heavy atom. The standard InChI is InChI=1S/C16H15N3O3/c1-10-4-5-14(17-9-10)15-18-16(22-19-15)11-6-12(20-2)8-13(7-11)21-3/h4-9H,1-3H3. The van der Waals surface area contributed by atoms with E-state index in [1.165, 1.54) is 0 Å². The van der Waals surface area contributed by atoms with Crippen molar-refractivity contribution in [2.75, 3.05) is 14.2 Å². The Kier molecular flexibility index (Phi) is 3.74. The number of methoxy groups -OCH3 is 2. The van der Waals surface area contributed by atoms with Crippen LogP contribution >= 0.6 is 0 Å². The molecule has 2 aromatic heterocycles. The zero-order chi connectivity index (χ0) is 15.5. The van der Waals surface area contributed by atoms with E-state index in [2.05, 4.69) is 15.1 Å². The molecule has 0 saturated heterocycles. The Labute approximate surface area is 127 Å². The third-order valence-corrected chi connectivity index (χ3v) is 3.16. The first-order valence-electron chi connectivity index (χ1n) is 6.70. The van der Waals surface area contributed by atoms with E-state index in [1.807, 2.05) is 31.2 Å². The predicted molar refractivity (Wildman–Crippen MR) is 80.8 cm³/mol. The van der Waals surface area contributed by atoms with E-state index in [1.54, 1.807) is 26.5 Å². The van der Waals surface area contributed by atoms with Crippen molar-refractivity contribution in [3.63, 3.8) is 0 Å². The summed E-state index contributed by atoms with van der Waals surface area (Å²) in [7, 11) is 3.18. The van der Waals surface area contributed by atoms with E-state index < -0.39 is 0 Å². The lowest BCUT2D eigenvalue weighted by atomic mass is 10.2. The molecular weight excluding hydrogens is 282 g/mol. The van der Waals surface area contributed by atoms with Crippen molar-refractivity contribution in [3.05, 3.63) is 42.1 Å². The first-order valence-corrected chi connectivity index (χ1v) is 6.70. The number of ether oxygens (including phenoxy) is 2. The minimum Gasteiger partial charge on any atom is -0.497 e. The normalized spacial score (nSPS) is 10.5. The Morgan fingerprint density at radius 2 is 1.73 bits per heavy atom. The lowest BCUT2D eigenvalue weighted by molar-refractivity contribution is 0.393. The topological polar surface area (TPSA) is 70.3 Å². The molecule has 0 aliphatic carbocycles. The molecule has 0 bridgehead atoms. The van der Waals surface area contributed by atoms with Gasteiger partial charge in [-0.05, 0) is 30.7 Å². The van der Waals surface area contributed by atoms with E-state index in [0.717, 1.165) is 11.1 Å². The van der Waals surface area contributed by atoms with Crippen LogP contribution in [0.25, 0.3) is 23.0 Å². The van der Waals surface area contributed by atoms with Crippen molar-refractivity contribution in [2.24, 2.45) is 0 Å². The van der Waals surface area contributed by atoms with Gasteiger partial charge < -0.3 is 14.0 Å². The Morgan fingerprint density at radius 3 is 2.32 bits per heavy atom. The monoisotopic (exact) mass is 297 g/mol. The van der Waals surface area contributed by atoms with Crippen LogP contribution in [-0.2, 0) is 0 Å². The molecule has 0 aliphatic heterocycles. The Hall–Kier alpha value is -2.89. The summed E-state index contributed by atoms with van der Waals surface area (Å²) in [5.74, 6) is 2.14. The number of hydrogen-bond acceptors (Lipinski definition) is 6. The van der Waals surface area contributed by atoms with Crippen LogP contribution in [0.5, 0.6) is 11.5 Å². The van der Waals surface area contributed by atoms with Gasteiger partial charge in [0, 0.05) is 17.8 Å². The van der Waals surface area contributed by atoms with Crippen molar-refractivity contribution in [3.8, 4) is 34.5 Å². The summed E-state index contributed by atoms with van der Waals surface area (Å²) in [4.78, 5) is 8.67. The van der Waals surface area contributed by atoms with Crippen molar-refractivity contribution >= 4 is 0 Å². The molecule has 0 radical (unpaired) electrons. The summed E-state index contributed by atoms with van der Waals surface area (Å²) < 4.78 is 15.8. The van der Waals surface area contributed by atoms with Crippen LogP contribution in [0.3, 0.4) is 0 Å². The fourth-order valence-corrected chi connectivity index (χ4v) is 1.98. The average Bonchev–Trinajstić information content (AvgIpc) is 3.05. The molecule has 0 amide bonds. The Balaban J connectivity index is 1.98. The first kappa shape index (κ1) is 14.1. The maximum Gasteiger partial charge on any atom is 0.258 e. The van der Waals surface area contributed by atoms with Gasteiger partial charge in [-0.2, -0.15) is 4.98 Å². The number of benzene rings is 1. The number of pyridine rings is 1. The minimum atomic E-state index is 0.384. The van der Waals surface area contributed by atoms with Crippen LogP contribution in [0.1, 0.15) is 5.56 Å². The number of rotatable bonds is 4. The van der Waals surface area contributed by atoms with Crippen molar-refractivity contribution < 1.29 is 14.0 Å². The molecule has 6 heteroatoms. The van der Waals surface area contributed by atoms with Crippen molar-refractivity contribution in [1.29, 1.82) is 0 Å². The fourth-order valence-electron chi connectivity index (χ4n) is 1.98. The van der Waals surface area contributed by atoms with Gasteiger partial charge in [0.2, 0.25) is 5.82 Å². The molecule has 3 aromatic rings. The molecule has 3 rings (SSSR count). The van der Waals surface area contributed by atoms with Crippen LogP contribution in [-0.4, -0.2) is 29.3 Å². The summed E-state index contributed by atoms with van der Waals surface area (Å²) in [6.45, 7) is 1.97. The molecule has 0 saturated carbocycles. The predicted octanol–water partition coefficient (Wildman–Crippen LogP) is 3.12.